The number of hydrogen-bond acceptors (Lipinski definition) is 3. The first-order valence-corrected chi connectivity index (χ1v) is 6.97. The maximum atomic E-state index is 6.16. The molecule has 0 aliphatic carbocycles. The Balaban J connectivity index is 2.10. The van der Waals surface area contributed by atoms with Gasteiger partial charge in [0.1, 0.15) is 5.76 Å². The van der Waals surface area contributed by atoms with Crippen LogP contribution in [0.4, 0.5) is 0 Å². The lowest BCUT2D eigenvalue weighted by atomic mass is 10.2. The van der Waals surface area contributed by atoms with Crippen LogP contribution < -0.4 is 5.73 Å². The monoisotopic (exact) mass is 297 g/mol. The molecule has 0 bridgehead atoms. The van der Waals surface area contributed by atoms with Crippen LogP contribution in [-0.4, -0.2) is 0 Å². The van der Waals surface area contributed by atoms with Gasteiger partial charge in [0.15, 0.2) is 5.58 Å². The van der Waals surface area contributed by atoms with Crippen LogP contribution >= 0.6 is 34.5 Å². The first kappa shape index (κ1) is 12.1. The van der Waals surface area contributed by atoms with Gasteiger partial charge in [0, 0.05) is 10.3 Å². The SMILES string of the molecule is NC(c1cc2cccc(Cl)c2o1)c1sccc1Cl. The van der Waals surface area contributed by atoms with Crippen LogP contribution in [0.1, 0.15) is 16.7 Å². The lowest BCUT2D eigenvalue weighted by Crippen LogP contribution is -2.09. The topological polar surface area (TPSA) is 39.2 Å². The fourth-order valence-corrected chi connectivity index (χ4v) is 3.26. The summed E-state index contributed by atoms with van der Waals surface area (Å²) in [5, 5.41) is 4.11. The Morgan fingerprint density at radius 2 is 2.00 bits per heavy atom. The molecule has 0 radical (unpaired) electrons. The van der Waals surface area contributed by atoms with Gasteiger partial charge in [-0.3, -0.25) is 0 Å². The zero-order valence-electron chi connectivity index (χ0n) is 9.19. The maximum Gasteiger partial charge on any atom is 0.152 e. The summed E-state index contributed by atoms with van der Waals surface area (Å²) in [4.78, 5) is 0.895. The van der Waals surface area contributed by atoms with E-state index in [1.54, 1.807) is 6.07 Å². The molecule has 3 rings (SSSR count). The molecule has 2 nitrogen and oxygen atoms in total. The minimum atomic E-state index is -0.360. The number of halogens is 2. The maximum absolute atomic E-state index is 6.16. The van der Waals surface area contributed by atoms with Crippen molar-refractivity contribution in [3.8, 4) is 0 Å². The molecule has 0 fully saturated rings. The van der Waals surface area contributed by atoms with Crippen LogP contribution in [-0.2, 0) is 0 Å². The van der Waals surface area contributed by atoms with E-state index in [4.69, 9.17) is 33.4 Å². The molecule has 2 heterocycles. The number of rotatable bonds is 2. The van der Waals surface area contributed by atoms with Crippen LogP contribution in [0.25, 0.3) is 11.0 Å². The number of thiophene rings is 1. The Kier molecular flexibility index (Phi) is 3.08. The summed E-state index contributed by atoms with van der Waals surface area (Å²) in [6, 6.07) is 8.99. The van der Waals surface area contributed by atoms with Crippen LogP contribution in [0.3, 0.4) is 0 Å². The zero-order valence-corrected chi connectivity index (χ0v) is 11.5. The summed E-state index contributed by atoms with van der Waals surface area (Å²) in [6.45, 7) is 0. The molecule has 2 aromatic heterocycles. The van der Waals surface area contributed by atoms with Crippen molar-refractivity contribution in [3.05, 3.63) is 56.4 Å². The number of furan rings is 1. The number of hydrogen-bond donors (Lipinski definition) is 1. The van der Waals surface area contributed by atoms with Gasteiger partial charge in [-0.1, -0.05) is 35.3 Å². The molecule has 0 aliphatic rings. The minimum absolute atomic E-state index is 0.360. The van der Waals surface area contributed by atoms with Crippen molar-refractivity contribution in [2.24, 2.45) is 5.73 Å². The quantitative estimate of drug-likeness (QED) is 0.734. The molecular formula is C13H9Cl2NOS. The highest BCUT2D eigenvalue weighted by Crippen LogP contribution is 2.35. The van der Waals surface area contributed by atoms with Crippen LogP contribution in [0.15, 0.2) is 40.1 Å². The number of benzene rings is 1. The van der Waals surface area contributed by atoms with Gasteiger partial charge in [0.05, 0.1) is 16.1 Å². The second-order valence-electron chi connectivity index (χ2n) is 3.92. The Labute approximate surface area is 118 Å². The highest BCUT2D eigenvalue weighted by Gasteiger charge is 2.18. The summed E-state index contributed by atoms with van der Waals surface area (Å²) in [5.74, 6) is 0.669. The standard InChI is InChI=1S/C13H9Cl2NOS/c14-8-3-1-2-7-6-10(17-12(7)8)11(16)13-9(15)4-5-18-13/h1-6,11H,16H2. The van der Waals surface area contributed by atoms with Gasteiger partial charge in [-0.25, -0.2) is 0 Å². The second kappa shape index (κ2) is 4.59. The third-order valence-electron chi connectivity index (χ3n) is 2.75. The summed E-state index contributed by atoms with van der Waals surface area (Å²) in [6.07, 6.45) is 0. The average molecular weight is 298 g/mol. The third-order valence-corrected chi connectivity index (χ3v) is 4.49. The Bertz CT molecular complexity index is 704. The average Bonchev–Trinajstić information content (AvgIpc) is 2.95. The molecule has 0 amide bonds. The van der Waals surface area contributed by atoms with Gasteiger partial charge in [-0.05, 0) is 23.6 Å². The Morgan fingerprint density at radius 3 is 2.67 bits per heavy atom. The predicted molar refractivity (Wildman–Crippen MR) is 76.6 cm³/mol. The van der Waals surface area contributed by atoms with Crippen molar-refractivity contribution in [2.45, 2.75) is 6.04 Å². The fourth-order valence-electron chi connectivity index (χ4n) is 1.86. The van der Waals surface area contributed by atoms with Crippen molar-refractivity contribution in [1.29, 1.82) is 0 Å². The molecule has 18 heavy (non-hydrogen) atoms. The first-order valence-electron chi connectivity index (χ1n) is 5.33. The van der Waals surface area contributed by atoms with E-state index in [1.807, 2.05) is 29.6 Å². The van der Waals surface area contributed by atoms with Crippen LogP contribution in [0.5, 0.6) is 0 Å². The lowest BCUT2D eigenvalue weighted by molar-refractivity contribution is 0.528. The molecule has 92 valence electrons. The highest BCUT2D eigenvalue weighted by atomic mass is 35.5. The Morgan fingerprint density at radius 1 is 1.17 bits per heavy atom. The minimum Gasteiger partial charge on any atom is -0.457 e. The van der Waals surface area contributed by atoms with E-state index in [2.05, 4.69) is 0 Å². The van der Waals surface area contributed by atoms with Gasteiger partial charge >= 0.3 is 0 Å². The number of para-hydroxylation sites is 1. The molecule has 1 aromatic carbocycles. The molecule has 0 saturated carbocycles. The predicted octanol–water partition coefficient (Wildman–Crippen LogP) is 4.85. The van der Waals surface area contributed by atoms with E-state index in [-0.39, 0.29) is 6.04 Å². The molecule has 3 aromatic rings. The zero-order chi connectivity index (χ0) is 12.7. The molecule has 5 heteroatoms. The van der Waals surface area contributed by atoms with E-state index in [1.165, 1.54) is 11.3 Å². The van der Waals surface area contributed by atoms with E-state index in [9.17, 15) is 0 Å². The number of fused-ring (bicyclic) bond motifs is 1. The second-order valence-corrected chi connectivity index (χ2v) is 5.68. The molecule has 0 saturated heterocycles. The van der Waals surface area contributed by atoms with Gasteiger partial charge < -0.3 is 10.2 Å². The molecule has 2 N–H and O–H groups in total. The van der Waals surface area contributed by atoms with E-state index < -0.39 is 0 Å². The third kappa shape index (κ3) is 1.93. The molecular weight excluding hydrogens is 289 g/mol. The van der Waals surface area contributed by atoms with Crippen molar-refractivity contribution < 1.29 is 4.42 Å². The van der Waals surface area contributed by atoms with Crippen molar-refractivity contribution in [2.75, 3.05) is 0 Å². The smallest absolute Gasteiger partial charge is 0.152 e. The summed E-state index contributed by atoms with van der Waals surface area (Å²) >= 11 is 13.7. The molecule has 1 atom stereocenters. The van der Waals surface area contributed by atoms with Gasteiger partial charge in [-0.15, -0.1) is 11.3 Å². The van der Waals surface area contributed by atoms with Gasteiger partial charge in [-0.2, -0.15) is 0 Å². The first-order chi connectivity index (χ1) is 8.66. The molecule has 1 unspecified atom stereocenters. The van der Waals surface area contributed by atoms with Gasteiger partial charge in [0.2, 0.25) is 0 Å². The summed E-state index contributed by atoms with van der Waals surface area (Å²) in [7, 11) is 0. The molecule has 0 spiro atoms. The van der Waals surface area contributed by atoms with Crippen molar-refractivity contribution in [1.82, 2.24) is 0 Å². The van der Waals surface area contributed by atoms with Crippen molar-refractivity contribution in [3.63, 3.8) is 0 Å². The normalized spacial score (nSPS) is 13.1. The highest BCUT2D eigenvalue weighted by molar-refractivity contribution is 7.10. The van der Waals surface area contributed by atoms with Crippen LogP contribution in [0.2, 0.25) is 10.0 Å². The van der Waals surface area contributed by atoms with E-state index in [0.29, 0.717) is 21.4 Å². The molecule has 0 aliphatic heterocycles. The largest absolute Gasteiger partial charge is 0.457 e. The van der Waals surface area contributed by atoms with E-state index >= 15 is 0 Å². The summed E-state index contributed by atoms with van der Waals surface area (Å²) < 4.78 is 5.73. The number of nitrogens with two attached hydrogens (primary N) is 1. The fraction of sp³-hybridized carbons (Fsp3) is 0.0769. The van der Waals surface area contributed by atoms with Crippen molar-refractivity contribution >= 4 is 45.5 Å². The van der Waals surface area contributed by atoms with Gasteiger partial charge in [0.25, 0.3) is 0 Å². The lowest BCUT2D eigenvalue weighted by Gasteiger charge is -2.06. The Hall–Kier alpha value is -1.00. The summed E-state index contributed by atoms with van der Waals surface area (Å²) in [5.41, 5.74) is 6.83. The van der Waals surface area contributed by atoms with Crippen LogP contribution in [0, 0.1) is 0 Å². The van der Waals surface area contributed by atoms with E-state index in [0.717, 1.165) is 10.3 Å².